The zero-order valence-electron chi connectivity index (χ0n) is 12.9. The topological polar surface area (TPSA) is 50.3 Å². The SMILES string of the molecule is CNCc1nc(C(C)C)ncc1OCCN1CCCC1. The lowest BCUT2D eigenvalue weighted by Gasteiger charge is -2.16. The average molecular weight is 278 g/mol. The Kier molecular flexibility index (Phi) is 5.73. The minimum absolute atomic E-state index is 0.337. The maximum absolute atomic E-state index is 5.88. The molecule has 20 heavy (non-hydrogen) atoms. The summed E-state index contributed by atoms with van der Waals surface area (Å²) in [5.74, 6) is 2.02. The molecule has 1 aromatic rings. The summed E-state index contributed by atoms with van der Waals surface area (Å²) in [6, 6.07) is 0. The van der Waals surface area contributed by atoms with Crippen LogP contribution in [-0.4, -0.2) is 48.2 Å². The Bertz CT molecular complexity index is 416. The third-order valence-electron chi connectivity index (χ3n) is 3.57. The highest BCUT2D eigenvalue weighted by atomic mass is 16.5. The van der Waals surface area contributed by atoms with Gasteiger partial charge in [0.05, 0.1) is 11.9 Å². The van der Waals surface area contributed by atoms with Crippen molar-refractivity contribution in [3.05, 3.63) is 17.7 Å². The van der Waals surface area contributed by atoms with E-state index in [0.717, 1.165) is 23.8 Å². The standard InChI is InChI=1S/C15H26N4O/c1-12(2)15-17-11-14(13(18-15)10-16-3)20-9-8-19-6-4-5-7-19/h11-12,16H,4-10H2,1-3H3. The first-order valence-corrected chi connectivity index (χ1v) is 7.56. The van der Waals surface area contributed by atoms with Crippen LogP contribution in [0.5, 0.6) is 5.75 Å². The van der Waals surface area contributed by atoms with Gasteiger partial charge < -0.3 is 10.1 Å². The first-order valence-electron chi connectivity index (χ1n) is 7.56. The van der Waals surface area contributed by atoms with Crippen LogP contribution in [0.3, 0.4) is 0 Å². The van der Waals surface area contributed by atoms with Crippen molar-refractivity contribution in [3.63, 3.8) is 0 Å². The molecule has 1 aromatic heterocycles. The molecule has 1 aliphatic heterocycles. The van der Waals surface area contributed by atoms with E-state index < -0.39 is 0 Å². The van der Waals surface area contributed by atoms with Crippen molar-refractivity contribution in [2.45, 2.75) is 39.2 Å². The van der Waals surface area contributed by atoms with Crippen LogP contribution >= 0.6 is 0 Å². The van der Waals surface area contributed by atoms with Crippen LogP contribution in [0.15, 0.2) is 6.20 Å². The second-order valence-electron chi connectivity index (χ2n) is 5.62. The number of nitrogens with zero attached hydrogens (tertiary/aromatic N) is 3. The Morgan fingerprint density at radius 2 is 2.10 bits per heavy atom. The van der Waals surface area contributed by atoms with E-state index in [1.54, 1.807) is 0 Å². The summed E-state index contributed by atoms with van der Waals surface area (Å²) < 4.78 is 5.88. The highest BCUT2D eigenvalue weighted by molar-refractivity contribution is 5.25. The summed E-state index contributed by atoms with van der Waals surface area (Å²) in [6.45, 7) is 9.02. The molecule has 1 aliphatic rings. The lowest BCUT2D eigenvalue weighted by Crippen LogP contribution is -2.25. The number of nitrogens with one attached hydrogen (secondary N) is 1. The molecule has 0 aromatic carbocycles. The van der Waals surface area contributed by atoms with Gasteiger partial charge in [0.2, 0.25) is 0 Å². The van der Waals surface area contributed by atoms with Gasteiger partial charge in [0.15, 0.2) is 5.75 Å². The number of hydrogen-bond acceptors (Lipinski definition) is 5. The molecule has 5 nitrogen and oxygen atoms in total. The van der Waals surface area contributed by atoms with E-state index in [-0.39, 0.29) is 0 Å². The number of likely N-dealkylation sites (tertiary alicyclic amines) is 1. The third kappa shape index (κ3) is 4.15. The van der Waals surface area contributed by atoms with E-state index in [1.165, 1.54) is 25.9 Å². The summed E-state index contributed by atoms with van der Waals surface area (Å²) in [6.07, 6.45) is 4.45. The summed E-state index contributed by atoms with van der Waals surface area (Å²) in [7, 11) is 1.92. The molecule has 0 bridgehead atoms. The van der Waals surface area contributed by atoms with Crippen LogP contribution in [0, 0.1) is 0 Å². The van der Waals surface area contributed by atoms with E-state index >= 15 is 0 Å². The number of hydrogen-bond donors (Lipinski definition) is 1. The fourth-order valence-corrected chi connectivity index (χ4v) is 2.41. The minimum Gasteiger partial charge on any atom is -0.489 e. The van der Waals surface area contributed by atoms with Crippen molar-refractivity contribution in [1.82, 2.24) is 20.2 Å². The predicted octanol–water partition coefficient (Wildman–Crippen LogP) is 1.79. The Hall–Kier alpha value is -1.20. The Morgan fingerprint density at radius 1 is 1.35 bits per heavy atom. The highest BCUT2D eigenvalue weighted by Crippen LogP contribution is 2.18. The van der Waals surface area contributed by atoms with Gasteiger partial charge in [-0.1, -0.05) is 13.8 Å². The van der Waals surface area contributed by atoms with Crippen LogP contribution in [0.4, 0.5) is 0 Å². The van der Waals surface area contributed by atoms with Crippen LogP contribution in [-0.2, 0) is 6.54 Å². The number of ether oxygens (including phenoxy) is 1. The molecule has 2 rings (SSSR count). The van der Waals surface area contributed by atoms with E-state index in [9.17, 15) is 0 Å². The lowest BCUT2D eigenvalue weighted by molar-refractivity contribution is 0.234. The van der Waals surface area contributed by atoms with Gasteiger partial charge in [-0.25, -0.2) is 9.97 Å². The molecular formula is C15H26N4O. The molecule has 0 radical (unpaired) electrons. The van der Waals surface area contributed by atoms with Gasteiger partial charge in [-0.05, 0) is 33.0 Å². The summed E-state index contributed by atoms with van der Waals surface area (Å²) >= 11 is 0. The summed E-state index contributed by atoms with van der Waals surface area (Å²) in [5, 5.41) is 3.14. The first-order chi connectivity index (χ1) is 9.70. The largest absolute Gasteiger partial charge is 0.489 e. The monoisotopic (exact) mass is 278 g/mol. The maximum Gasteiger partial charge on any atom is 0.160 e. The maximum atomic E-state index is 5.88. The van der Waals surface area contributed by atoms with Crippen LogP contribution in [0.2, 0.25) is 0 Å². The van der Waals surface area contributed by atoms with Crippen molar-refractivity contribution >= 4 is 0 Å². The number of aromatic nitrogens is 2. The summed E-state index contributed by atoms with van der Waals surface area (Å²) in [4.78, 5) is 11.4. The molecule has 2 heterocycles. The van der Waals surface area contributed by atoms with Gasteiger partial charge in [-0.15, -0.1) is 0 Å². The smallest absolute Gasteiger partial charge is 0.160 e. The molecular weight excluding hydrogens is 252 g/mol. The minimum atomic E-state index is 0.337. The molecule has 1 saturated heterocycles. The van der Waals surface area contributed by atoms with Crippen molar-refractivity contribution in [3.8, 4) is 5.75 Å². The molecule has 112 valence electrons. The number of rotatable bonds is 7. The Balaban J connectivity index is 1.94. The average Bonchev–Trinajstić information content (AvgIpc) is 2.93. The summed E-state index contributed by atoms with van der Waals surface area (Å²) in [5.41, 5.74) is 0.952. The van der Waals surface area contributed by atoms with Crippen molar-refractivity contribution in [1.29, 1.82) is 0 Å². The van der Waals surface area contributed by atoms with Gasteiger partial charge in [0, 0.05) is 19.0 Å². The Labute approximate surface area is 121 Å². The van der Waals surface area contributed by atoms with E-state index in [0.29, 0.717) is 19.1 Å². The molecule has 0 atom stereocenters. The van der Waals surface area contributed by atoms with Crippen molar-refractivity contribution < 1.29 is 4.74 Å². The molecule has 5 heteroatoms. The van der Waals surface area contributed by atoms with Gasteiger partial charge >= 0.3 is 0 Å². The quantitative estimate of drug-likeness (QED) is 0.824. The molecule has 0 saturated carbocycles. The van der Waals surface area contributed by atoms with Crippen molar-refractivity contribution in [2.75, 3.05) is 33.3 Å². The second kappa shape index (κ2) is 7.55. The highest BCUT2D eigenvalue weighted by Gasteiger charge is 2.13. The van der Waals surface area contributed by atoms with Gasteiger partial charge in [-0.3, -0.25) is 4.90 Å². The van der Waals surface area contributed by atoms with Crippen molar-refractivity contribution in [2.24, 2.45) is 0 Å². The fourth-order valence-electron chi connectivity index (χ4n) is 2.41. The van der Waals surface area contributed by atoms with Crippen LogP contribution in [0.25, 0.3) is 0 Å². The van der Waals surface area contributed by atoms with E-state index in [2.05, 4.69) is 34.0 Å². The lowest BCUT2D eigenvalue weighted by atomic mass is 10.2. The molecule has 0 aliphatic carbocycles. The zero-order chi connectivity index (χ0) is 14.4. The van der Waals surface area contributed by atoms with Crippen LogP contribution < -0.4 is 10.1 Å². The molecule has 1 N–H and O–H groups in total. The van der Waals surface area contributed by atoms with Gasteiger partial charge in [-0.2, -0.15) is 0 Å². The van der Waals surface area contributed by atoms with Crippen LogP contribution in [0.1, 0.15) is 44.1 Å². The molecule has 0 amide bonds. The van der Waals surface area contributed by atoms with Gasteiger partial charge in [0.1, 0.15) is 12.4 Å². The molecule has 1 fully saturated rings. The van der Waals surface area contributed by atoms with E-state index in [1.807, 2.05) is 13.2 Å². The molecule has 0 spiro atoms. The second-order valence-corrected chi connectivity index (χ2v) is 5.62. The first kappa shape index (κ1) is 15.2. The zero-order valence-corrected chi connectivity index (χ0v) is 12.9. The Morgan fingerprint density at radius 3 is 2.75 bits per heavy atom. The fraction of sp³-hybridized carbons (Fsp3) is 0.733. The normalized spacial score (nSPS) is 16.0. The molecule has 0 unspecified atom stereocenters. The van der Waals surface area contributed by atoms with Gasteiger partial charge in [0.25, 0.3) is 0 Å². The third-order valence-corrected chi connectivity index (χ3v) is 3.57. The predicted molar refractivity (Wildman–Crippen MR) is 80.1 cm³/mol. The van der Waals surface area contributed by atoms with E-state index in [4.69, 9.17) is 4.74 Å².